The van der Waals surface area contributed by atoms with E-state index in [1.54, 1.807) is 18.2 Å². The first kappa shape index (κ1) is 16.4. The summed E-state index contributed by atoms with van der Waals surface area (Å²) in [6, 6.07) is 16.1. The highest BCUT2D eigenvalue weighted by Gasteiger charge is 2.28. The van der Waals surface area contributed by atoms with Gasteiger partial charge in [-0.3, -0.25) is 4.79 Å². The van der Waals surface area contributed by atoms with Gasteiger partial charge in [0.1, 0.15) is 11.6 Å². The average molecular weight is 350 g/mol. The Morgan fingerprint density at radius 3 is 2.92 bits per heavy atom. The van der Waals surface area contributed by atoms with Gasteiger partial charge in [-0.1, -0.05) is 24.3 Å². The Balaban J connectivity index is 1.55. The number of benzene rings is 2. The van der Waals surface area contributed by atoms with Crippen molar-refractivity contribution in [2.45, 2.75) is 25.9 Å². The molecule has 1 N–H and O–H groups in total. The zero-order valence-corrected chi connectivity index (χ0v) is 14.4. The van der Waals surface area contributed by atoms with Crippen LogP contribution in [0.15, 0.2) is 65.3 Å². The number of anilines is 2. The van der Waals surface area contributed by atoms with E-state index in [2.05, 4.69) is 29.3 Å². The minimum absolute atomic E-state index is 0.306. The Morgan fingerprint density at radius 2 is 2.08 bits per heavy atom. The van der Waals surface area contributed by atoms with E-state index in [-0.39, 0.29) is 5.91 Å². The summed E-state index contributed by atoms with van der Waals surface area (Å²) < 4.78 is 18.9. The van der Waals surface area contributed by atoms with Crippen molar-refractivity contribution in [1.29, 1.82) is 0 Å². The first-order valence-corrected chi connectivity index (χ1v) is 8.59. The average Bonchev–Trinajstić information content (AvgIpc) is 3.20. The van der Waals surface area contributed by atoms with E-state index in [9.17, 15) is 9.18 Å². The summed E-state index contributed by atoms with van der Waals surface area (Å²) in [6.45, 7) is 2.67. The van der Waals surface area contributed by atoms with E-state index in [1.807, 2.05) is 12.1 Å². The van der Waals surface area contributed by atoms with Crippen LogP contribution < -0.4 is 10.2 Å². The van der Waals surface area contributed by atoms with E-state index in [1.165, 1.54) is 29.6 Å². The summed E-state index contributed by atoms with van der Waals surface area (Å²) in [6.07, 6.45) is 2.49. The molecule has 5 heteroatoms. The molecule has 0 bridgehead atoms. The van der Waals surface area contributed by atoms with Gasteiger partial charge in [0, 0.05) is 17.4 Å². The first-order valence-electron chi connectivity index (χ1n) is 8.59. The molecule has 0 fully saturated rings. The summed E-state index contributed by atoms with van der Waals surface area (Å²) in [5.41, 5.74) is 3.36. The van der Waals surface area contributed by atoms with Crippen LogP contribution in [0.3, 0.4) is 0 Å². The molecule has 4 nitrogen and oxygen atoms in total. The molecule has 2 heterocycles. The monoisotopic (exact) mass is 350 g/mol. The maximum Gasteiger partial charge on any atom is 0.259 e. The van der Waals surface area contributed by atoms with Gasteiger partial charge < -0.3 is 14.6 Å². The van der Waals surface area contributed by atoms with Gasteiger partial charge in [-0.05, 0) is 49.2 Å². The third-order valence-electron chi connectivity index (χ3n) is 4.73. The Hall–Kier alpha value is -3.08. The number of hydrogen-bond acceptors (Lipinski definition) is 3. The predicted molar refractivity (Wildman–Crippen MR) is 98.9 cm³/mol. The Morgan fingerprint density at radius 1 is 1.23 bits per heavy atom. The molecule has 26 heavy (non-hydrogen) atoms. The molecule has 1 atom stereocenters. The van der Waals surface area contributed by atoms with Crippen LogP contribution >= 0.6 is 0 Å². The molecule has 2 aromatic carbocycles. The molecule has 1 unspecified atom stereocenters. The number of nitrogens with one attached hydrogen (secondary N) is 1. The summed E-state index contributed by atoms with van der Waals surface area (Å²) in [7, 11) is 0. The van der Waals surface area contributed by atoms with E-state index in [4.69, 9.17) is 4.42 Å². The number of rotatable bonds is 4. The minimum Gasteiger partial charge on any atom is -0.467 e. The second-order valence-corrected chi connectivity index (χ2v) is 6.53. The minimum atomic E-state index is -0.391. The fourth-order valence-electron chi connectivity index (χ4n) is 3.46. The van der Waals surface area contributed by atoms with E-state index < -0.39 is 5.82 Å². The highest BCUT2D eigenvalue weighted by molar-refractivity contribution is 6.05. The molecular weight excluding hydrogens is 331 g/mol. The number of nitrogens with zero attached hydrogens (tertiary/aromatic N) is 1. The van der Waals surface area contributed by atoms with Gasteiger partial charge >= 0.3 is 0 Å². The third-order valence-corrected chi connectivity index (χ3v) is 4.73. The van der Waals surface area contributed by atoms with Crippen molar-refractivity contribution in [3.8, 4) is 0 Å². The van der Waals surface area contributed by atoms with Gasteiger partial charge in [-0.25, -0.2) is 4.39 Å². The molecule has 1 aromatic heterocycles. The molecule has 0 spiro atoms. The van der Waals surface area contributed by atoms with Gasteiger partial charge in [0.15, 0.2) is 0 Å². The van der Waals surface area contributed by atoms with Crippen LogP contribution in [0.1, 0.15) is 28.6 Å². The zero-order valence-electron chi connectivity index (χ0n) is 14.4. The van der Waals surface area contributed by atoms with E-state index >= 15 is 0 Å². The standard InChI is InChI=1S/C21H19FN2O2/c1-14-11-15-5-2-3-8-19(15)24(14)13-20-18(9-10-26-20)21(25)23-17-7-4-6-16(22)12-17/h2-10,12,14H,11,13H2,1H3,(H,23,25). The number of carbonyl (C=O) groups excluding carboxylic acids is 1. The van der Waals surface area contributed by atoms with Gasteiger partial charge in [0.05, 0.1) is 18.4 Å². The number of para-hydroxylation sites is 1. The molecule has 1 amide bonds. The topological polar surface area (TPSA) is 45.5 Å². The normalized spacial score (nSPS) is 15.8. The maximum atomic E-state index is 13.3. The van der Waals surface area contributed by atoms with Crippen LogP contribution in [0, 0.1) is 5.82 Å². The molecule has 0 radical (unpaired) electrons. The molecule has 3 aromatic rings. The highest BCUT2D eigenvalue weighted by Crippen LogP contribution is 2.33. The van der Waals surface area contributed by atoms with Crippen LogP contribution in [-0.2, 0) is 13.0 Å². The van der Waals surface area contributed by atoms with E-state index in [0.29, 0.717) is 29.6 Å². The lowest BCUT2D eigenvalue weighted by atomic mass is 10.1. The van der Waals surface area contributed by atoms with Crippen molar-refractivity contribution >= 4 is 17.3 Å². The SMILES string of the molecule is CC1Cc2ccccc2N1Cc1occc1C(=O)Nc1cccc(F)c1. The zero-order chi connectivity index (χ0) is 18.1. The Labute approximate surface area is 151 Å². The second kappa shape index (κ2) is 6.67. The first-order chi connectivity index (χ1) is 12.6. The molecule has 1 aliphatic heterocycles. The molecule has 0 aliphatic carbocycles. The molecular formula is C21H19FN2O2. The predicted octanol–water partition coefficient (Wildman–Crippen LogP) is 4.62. The van der Waals surface area contributed by atoms with Crippen molar-refractivity contribution in [1.82, 2.24) is 0 Å². The van der Waals surface area contributed by atoms with Crippen LogP contribution in [0.2, 0.25) is 0 Å². The number of furan rings is 1. The lowest BCUT2D eigenvalue weighted by Crippen LogP contribution is -2.29. The molecule has 1 aliphatic rings. The fraction of sp³-hybridized carbons (Fsp3) is 0.190. The van der Waals surface area contributed by atoms with Crippen molar-refractivity contribution in [3.05, 3.63) is 83.6 Å². The quantitative estimate of drug-likeness (QED) is 0.747. The molecule has 0 saturated carbocycles. The van der Waals surface area contributed by atoms with Gasteiger partial charge in [0.2, 0.25) is 0 Å². The van der Waals surface area contributed by atoms with Gasteiger partial charge in [-0.2, -0.15) is 0 Å². The van der Waals surface area contributed by atoms with Crippen LogP contribution in [0.5, 0.6) is 0 Å². The molecule has 0 saturated heterocycles. The van der Waals surface area contributed by atoms with Crippen molar-refractivity contribution in [3.63, 3.8) is 0 Å². The van der Waals surface area contributed by atoms with Crippen LogP contribution in [-0.4, -0.2) is 11.9 Å². The van der Waals surface area contributed by atoms with Crippen molar-refractivity contribution in [2.24, 2.45) is 0 Å². The van der Waals surface area contributed by atoms with Crippen LogP contribution in [0.25, 0.3) is 0 Å². The smallest absolute Gasteiger partial charge is 0.259 e. The van der Waals surface area contributed by atoms with Crippen molar-refractivity contribution in [2.75, 3.05) is 10.2 Å². The summed E-state index contributed by atoms with van der Waals surface area (Å²) >= 11 is 0. The fourth-order valence-corrected chi connectivity index (χ4v) is 3.46. The number of halogens is 1. The second-order valence-electron chi connectivity index (χ2n) is 6.53. The Kier molecular flexibility index (Phi) is 4.21. The van der Waals surface area contributed by atoms with E-state index in [0.717, 1.165) is 6.42 Å². The number of fused-ring (bicyclic) bond motifs is 1. The third kappa shape index (κ3) is 3.08. The molecule has 132 valence electrons. The number of amides is 1. The number of carbonyl (C=O) groups is 1. The molecule has 4 rings (SSSR count). The van der Waals surface area contributed by atoms with Gasteiger partial charge in [0.25, 0.3) is 5.91 Å². The lowest BCUT2D eigenvalue weighted by Gasteiger charge is -2.24. The highest BCUT2D eigenvalue weighted by atomic mass is 19.1. The summed E-state index contributed by atoms with van der Waals surface area (Å²) in [5, 5.41) is 2.72. The Bertz CT molecular complexity index is 950. The largest absolute Gasteiger partial charge is 0.467 e. The maximum absolute atomic E-state index is 13.3. The lowest BCUT2D eigenvalue weighted by molar-refractivity contribution is 0.102. The number of hydrogen-bond donors (Lipinski definition) is 1. The summed E-state index contributed by atoms with van der Waals surface area (Å²) in [4.78, 5) is 14.8. The summed E-state index contributed by atoms with van der Waals surface area (Å²) in [5.74, 6) is -0.0975. The van der Waals surface area contributed by atoms with Crippen molar-refractivity contribution < 1.29 is 13.6 Å². The van der Waals surface area contributed by atoms with Gasteiger partial charge in [-0.15, -0.1) is 0 Å². The van der Waals surface area contributed by atoms with Crippen LogP contribution in [0.4, 0.5) is 15.8 Å².